The van der Waals surface area contributed by atoms with Gasteiger partial charge in [-0.1, -0.05) is 0 Å². The first-order chi connectivity index (χ1) is 9.58. The second-order valence-electron chi connectivity index (χ2n) is 5.30. The summed E-state index contributed by atoms with van der Waals surface area (Å²) in [5.41, 5.74) is 5.33. The number of nitrogen functional groups attached to an aromatic ring is 1. The Hall–Kier alpha value is -1.69. The fourth-order valence-electron chi connectivity index (χ4n) is 3.20. The fraction of sp³-hybridized carbons (Fsp3) is 0.500. The monoisotopic (exact) mass is 281 g/mol. The van der Waals surface area contributed by atoms with Crippen LogP contribution in [0.25, 0.3) is 0 Å². The van der Waals surface area contributed by atoms with Gasteiger partial charge < -0.3 is 15.4 Å². The van der Waals surface area contributed by atoms with E-state index in [4.69, 9.17) is 15.9 Å². The molecule has 1 aliphatic heterocycles. The smallest absolute Gasteiger partial charge is 0.150 e. The van der Waals surface area contributed by atoms with Gasteiger partial charge in [-0.25, -0.2) is 8.78 Å². The van der Waals surface area contributed by atoms with Crippen LogP contribution in [0.3, 0.4) is 0 Å². The molecule has 1 heterocycles. The number of nitrogens with one attached hydrogen (secondary N) is 1. The molecule has 2 unspecified atom stereocenters. The molecule has 1 saturated carbocycles. The molecule has 1 aromatic carbocycles. The molecule has 0 aromatic heterocycles. The highest BCUT2D eigenvalue weighted by Gasteiger charge is 2.38. The lowest BCUT2D eigenvalue weighted by atomic mass is 10.1. The summed E-state index contributed by atoms with van der Waals surface area (Å²) in [6, 6.07) is 2.29. The van der Waals surface area contributed by atoms with Gasteiger partial charge in [0.1, 0.15) is 23.2 Å². The lowest BCUT2D eigenvalue weighted by Crippen LogP contribution is -2.49. The number of hydrogen-bond donors (Lipinski definition) is 2. The predicted molar refractivity (Wildman–Crippen MR) is 72.1 cm³/mol. The van der Waals surface area contributed by atoms with E-state index in [-0.39, 0.29) is 29.2 Å². The van der Waals surface area contributed by atoms with Crippen molar-refractivity contribution in [2.75, 3.05) is 18.1 Å². The molecule has 2 aliphatic rings. The van der Waals surface area contributed by atoms with Crippen LogP contribution >= 0.6 is 0 Å². The van der Waals surface area contributed by atoms with Gasteiger partial charge >= 0.3 is 0 Å². The third kappa shape index (κ3) is 2.14. The molecule has 3 rings (SSSR count). The van der Waals surface area contributed by atoms with Gasteiger partial charge in [-0.05, 0) is 31.4 Å². The summed E-state index contributed by atoms with van der Waals surface area (Å²) < 4.78 is 34.1. The van der Waals surface area contributed by atoms with E-state index >= 15 is 0 Å². The van der Waals surface area contributed by atoms with Crippen molar-refractivity contribution in [2.24, 2.45) is 5.73 Å². The second-order valence-corrected chi connectivity index (χ2v) is 5.30. The molecular formula is C14H17F2N3O. The van der Waals surface area contributed by atoms with Gasteiger partial charge in [-0.2, -0.15) is 0 Å². The van der Waals surface area contributed by atoms with Gasteiger partial charge in [0.05, 0.1) is 18.8 Å². The number of fused-ring (bicyclic) bond motifs is 1. The Morgan fingerprint density at radius 1 is 1.30 bits per heavy atom. The SMILES string of the molecule is N=C(N)c1cc(F)c(N2CCOC3CCCC32)c(F)c1. The topological polar surface area (TPSA) is 62.3 Å². The molecule has 1 aliphatic carbocycles. The standard InChI is InChI=1S/C14H17F2N3O/c15-9-6-8(14(17)18)7-10(16)13(9)19-4-5-20-12-3-1-2-11(12)19/h6-7,11-12H,1-5H2,(H3,17,18). The molecule has 0 spiro atoms. The number of hydrogen-bond acceptors (Lipinski definition) is 3. The first kappa shape index (κ1) is 13.3. The molecule has 0 radical (unpaired) electrons. The zero-order chi connectivity index (χ0) is 14.3. The van der Waals surface area contributed by atoms with Gasteiger partial charge in [-0.3, -0.25) is 5.41 Å². The van der Waals surface area contributed by atoms with E-state index in [1.54, 1.807) is 4.90 Å². The zero-order valence-corrected chi connectivity index (χ0v) is 11.0. The molecule has 4 nitrogen and oxygen atoms in total. The number of morpholine rings is 1. The first-order valence-electron chi connectivity index (χ1n) is 6.79. The van der Waals surface area contributed by atoms with Gasteiger partial charge in [0, 0.05) is 12.1 Å². The third-order valence-electron chi connectivity index (χ3n) is 4.10. The summed E-state index contributed by atoms with van der Waals surface area (Å²) in [6.07, 6.45) is 2.91. The molecule has 2 fully saturated rings. The summed E-state index contributed by atoms with van der Waals surface area (Å²) in [5.74, 6) is -1.67. The molecule has 1 saturated heterocycles. The van der Waals surface area contributed by atoms with Crippen molar-refractivity contribution in [3.05, 3.63) is 29.3 Å². The minimum atomic E-state index is -0.664. The van der Waals surface area contributed by atoms with Gasteiger partial charge in [0.25, 0.3) is 0 Å². The molecule has 0 bridgehead atoms. The lowest BCUT2D eigenvalue weighted by molar-refractivity contribution is 0.0251. The van der Waals surface area contributed by atoms with E-state index in [9.17, 15) is 8.78 Å². The van der Waals surface area contributed by atoms with Crippen molar-refractivity contribution >= 4 is 11.5 Å². The highest BCUT2D eigenvalue weighted by atomic mass is 19.1. The number of rotatable bonds is 2. The van der Waals surface area contributed by atoms with Crippen LogP contribution in [-0.2, 0) is 4.74 Å². The van der Waals surface area contributed by atoms with Crippen LogP contribution in [0.1, 0.15) is 24.8 Å². The quantitative estimate of drug-likeness (QED) is 0.644. The number of halogens is 2. The number of nitrogens with two attached hydrogens (primary N) is 1. The molecule has 108 valence electrons. The molecule has 20 heavy (non-hydrogen) atoms. The molecule has 0 amide bonds. The molecule has 1 aromatic rings. The van der Waals surface area contributed by atoms with E-state index in [1.807, 2.05) is 0 Å². The van der Waals surface area contributed by atoms with E-state index in [2.05, 4.69) is 0 Å². The molecule has 2 atom stereocenters. The van der Waals surface area contributed by atoms with Crippen molar-refractivity contribution in [3.8, 4) is 0 Å². The maximum absolute atomic E-state index is 14.2. The van der Waals surface area contributed by atoms with Crippen LogP contribution in [0, 0.1) is 17.0 Å². The van der Waals surface area contributed by atoms with Gasteiger partial charge in [0.2, 0.25) is 0 Å². The fourth-order valence-corrected chi connectivity index (χ4v) is 3.20. The maximum atomic E-state index is 14.2. The average Bonchev–Trinajstić information content (AvgIpc) is 2.86. The highest BCUT2D eigenvalue weighted by molar-refractivity contribution is 5.95. The first-order valence-corrected chi connectivity index (χ1v) is 6.79. The van der Waals surface area contributed by atoms with Crippen LogP contribution in [0.2, 0.25) is 0 Å². The third-order valence-corrected chi connectivity index (χ3v) is 4.10. The normalized spacial score (nSPS) is 25.6. The second kappa shape index (κ2) is 5.01. The summed E-state index contributed by atoms with van der Waals surface area (Å²) in [7, 11) is 0. The Balaban J connectivity index is 1.99. The van der Waals surface area contributed by atoms with Crippen molar-refractivity contribution in [3.63, 3.8) is 0 Å². The Labute approximate surface area is 116 Å². The Bertz CT molecular complexity index is 526. The number of ether oxygens (including phenoxy) is 1. The Morgan fingerprint density at radius 2 is 2.00 bits per heavy atom. The molecular weight excluding hydrogens is 264 g/mol. The van der Waals surface area contributed by atoms with E-state index < -0.39 is 11.6 Å². The number of amidine groups is 1. The zero-order valence-electron chi connectivity index (χ0n) is 11.0. The molecule has 6 heteroatoms. The van der Waals surface area contributed by atoms with Crippen LogP contribution in [0.4, 0.5) is 14.5 Å². The minimum absolute atomic E-state index is 0.0183. The Kier molecular flexibility index (Phi) is 3.33. The maximum Gasteiger partial charge on any atom is 0.150 e. The average molecular weight is 281 g/mol. The van der Waals surface area contributed by atoms with Crippen LogP contribution < -0.4 is 10.6 Å². The van der Waals surface area contributed by atoms with E-state index in [0.717, 1.165) is 31.4 Å². The minimum Gasteiger partial charge on any atom is -0.384 e. The van der Waals surface area contributed by atoms with Crippen LogP contribution in [0.15, 0.2) is 12.1 Å². The van der Waals surface area contributed by atoms with Crippen molar-refractivity contribution in [1.82, 2.24) is 0 Å². The molecule has 3 N–H and O–H groups in total. The summed E-state index contributed by atoms with van der Waals surface area (Å²) in [5, 5.41) is 7.27. The van der Waals surface area contributed by atoms with Gasteiger partial charge in [0.15, 0.2) is 0 Å². The Morgan fingerprint density at radius 3 is 2.65 bits per heavy atom. The summed E-state index contributed by atoms with van der Waals surface area (Å²) in [6.45, 7) is 0.961. The number of benzene rings is 1. The predicted octanol–water partition coefficient (Wildman–Crippen LogP) is 2.01. The lowest BCUT2D eigenvalue weighted by Gasteiger charge is -2.39. The van der Waals surface area contributed by atoms with Crippen LogP contribution in [-0.4, -0.2) is 31.1 Å². The highest BCUT2D eigenvalue weighted by Crippen LogP contribution is 2.35. The van der Waals surface area contributed by atoms with E-state index in [1.165, 1.54) is 0 Å². The summed E-state index contributed by atoms with van der Waals surface area (Å²) >= 11 is 0. The van der Waals surface area contributed by atoms with Crippen molar-refractivity contribution in [2.45, 2.75) is 31.4 Å². The van der Waals surface area contributed by atoms with Crippen molar-refractivity contribution < 1.29 is 13.5 Å². The number of anilines is 1. The summed E-state index contributed by atoms with van der Waals surface area (Å²) in [4.78, 5) is 1.77. The van der Waals surface area contributed by atoms with Crippen LogP contribution in [0.5, 0.6) is 0 Å². The van der Waals surface area contributed by atoms with Crippen molar-refractivity contribution in [1.29, 1.82) is 5.41 Å². The number of nitrogens with zero attached hydrogens (tertiary/aromatic N) is 1. The van der Waals surface area contributed by atoms with E-state index in [0.29, 0.717) is 13.2 Å². The van der Waals surface area contributed by atoms with Gasteiger partial charge in [-0.15, -0.1) is 0 Å². The largest absolute Gasteiger partial charge is 0.384 e.